The summed E-state index contributed by atoms with van der Waals surface area (Å²) in [6, 6.07) is 10.6. The van der Waals surface area contributed by atoms with E-state index in [1.54, 1.807) is 0 Å². The van der Waals surface area contributed by atoms with Gasteiger partial charge in [0.25, 0.3) is 0 Å². The van der Waals surface area contributed by atoms with Crippen molar-refractivity contribution in [2.45, 2.75) is 19.3 Å². The third-order valence-electron chi connectivity index (χ3n) is 2.70. The van der Waals surface area contributed by atoms with Crippen molar-refractivity contribution in [1.82, 2.24) is 0 Å². The highest BCUT2D eigenvalue weighted by Crippen LogP contribution is 2.27. The Kier molecular flexibility index (Phi) is 4.01. The smallest absolute Gasteiger partial charge is 0.0168 e. The molecule has 78 valence electrons. The zero-order valence-corrected chi connectivity index (χ0v) is 10.9. The second kappa shape index (κ2) is 5.50. The zero-order valence-electron chi connectivity index (χ0n) is 8.70. The fourth-order valence-corrected chi connectivity index (χ4v) is 2.68. The van der Waals surface area contributed by atoms with E-state index in [2.05, 4.69) is 71.2 Å². The van der Waals surface area contributed by atoms with Gasteiger partial charge in [-0.05, 0) is 53.3 Å². The van der Waals surface area contributed by atoms with Crippen LogP contribution in [0.4, 0.5) is 0 Å². The summed E-state index contributed by atoms with van der Waals surface area (Å²) in [5.41, 5.74) is 1.33. The minimum Gasteiger partial charge on any atom is -0.0879 e. The van der Waals surface area contributed by atoms with Crippen LogP contribution in [0, 0.1) is 5.92 Å². The quantitative estimate of drug-likeness (QED) is 0.543. The van der Waals surface area contributed by atoms with Crippen LogP contribution < -0.4 is 0 Å². The van der Waals surface area contributed by atoms with Crippen LogP contribution >= 0.6 is 22.6 Å². The Morgan fingerprint density at radius 1 is 1.27 bits per heavy atom. The number of rotatable bonds is 2. The maximum atomic E-state index is 2.44. The van der Waals surface area contributed by atoms with Gasteiger partial charge in [0, 0.05) is 3.58 Å². The Morgan fingerprint density at radius 3 is 2.73 bits per heavy atom. The van der Waals surface area contributed by atoms with E-state index in [-0.39, 0.29) is 0 Å². The van der Waals surface area contributed by atoms with Crippen molar-refractivity contribution in [3.05, 3.63) is 54.1 Å². The minimum atomic E-state index is 0.644. The lowest BCUT2D eigenvalue weighted by Gasteiger charge is -2.12. The van der Waals surface area contributed by atoms with E-state index in [1.165, 1.54) is 28.4 Å². The van der Waals surface area contributed by atoms with E-state index < -0.39 is 0 Å². The largest absolute Gasteiger partial charge is 0.0879 e. The Morgan fingerprint density at radius 2 is 2.07 bits per heavy atom. The molecule has 0 heterocycles. The van der Waals surface area contributed by atoms with Crippen molar-refractivity contribution in [3.8, 4) is 0 Å². The standard InChI is InChI=1S/C14H15I/c15-14(13-9-5-2-6-10-13)11-12-7-3-1-4-8-12/h2-3,5-7,9-12H,1,4,8H2. The molecule has 0 saturated heterocycles. The topological polar surface area (TPSA) is 0 Å². The van der Waals surface area contributed by atoms with Crippen molar-refractivity contribution in [2.24, 2.45) is 5.92 Å². The molecule has 0 aromatic heterocycles. The molecule has 0 amide bonds. The SMILES string of the molecule is IC(=CC1C=CCCC1)c1ccccc1. The molecule has 1 unspecified atom stereocenters. The molecule has 1 aromatic carbocycles. The van der Waals surface area contributed by atoms with E-state index in [1.807, 2.05) is 0 Å². The number of hydrogen-bond acceptors (Lipinski definition) is 0. The van der Waals surface area contributed by atoms with Gasteiger partial charge in [0.1, 0.15) is 0 Å². The molecule has 0 fully saturated rings. The molecule has 1 aromatic rings. The lowest BCUT2D eigenvalue weighted by molar-refractivity contribution is 0.632. The van der Waals surface area contributed by atoms with Gasteiger partial charge < -0.3 is 0 Å². The monoisotopic (exact) mass is 310 g/mol. The van der Waals surface area contributed by atoms with E-state index in [0.717, 1.165) is 0 Å². The second-order valence-corrected chi connectivity index (χ2v) is 5.07. The molecule has 1 aliphatic rings. The fourth-order valence-electron chi connectivity index (χ4n) is 1.86. The molecule has 0 radical (unpaired) electrons. The summed E-state index contributed by atoms with van der Waals surface area (Å²) >= 11 is 2.44. The van der Waals surface area contributed by atoms with Crippen LogP contribution in [-0.4, -0.2) is 0 Å². The molecular weight excluding hydrogens is 295 g/mol. The first-order chi connectivity index (χ1) is 7.36. The first-order valence-corrected chi connectivity index (χ1v) is 6.53. The first-order valence-electron chi connectivity index (χ1n) is 5.45. The lowest BCUT2D eigenvalue weighted by atomic mass is 9.95. The molecule has 0 bridgehead atoms. The van der Waals surface area contributed by atoms with Crippen molar-refractivity contribution >= 4 is 26.2 Å². The zero-order chi connectivity index (χ0) is 10.5. The molecular formula is C14H15I. The van der Waals surface area contributed by atoms with Gasteiger partial charge in [-0.3, -0.25) is 0 Å². The molecule has 2 rings (SSSR count). The maximum Gasteiger partial charge on any atom is 0.0168 e. The predicted molar refractivity (Wildman–Crippen MR) is 74.9 cm³/mol. The third kappa shape index (κ3) is 3.20. The van der Waals surface area contributed by atoms with Gasteiger partial charge in [-0.2, -0.15) is 0 Å². The van der Waals surface area contributed by atoms with Gasteiger partial charge in [0.15, 0.2) is 0 Å². The minimum absolute atomic E-state index is 0.644. The summed E-state index contributed by atoms with van der Waals surface area (Å²) in [6.45, 7) is 0. The van der Waals surface area contributed by atoms with E-state index in [9.17, 15) is 0 Å². The predicted octanol–water partition coefficient (Wildman–Crippen LogP) is 4.82. The molecule has 15 heavy (non-hydrogen) atoms. The Hall–Kier alpha value is -0.570. The average molecular weight is 310 g/mol. The van der Waals surface area contributed by atoms with E-state index in [0.29, 0.717) is 5.92 Å². The summed E-state index contributed by atoms with van der Waals surface area (Å²) in [6.07, 6.45) is 10.9. The molecule has 0 spiro atoms. The van der Waals surface area contributed by atoms with Crippen molar-refractivity contribution in [1.29, 1.82) is 0 Å². The van der Waals surface area contributed by atoms with Gasteiger partial charge in [-0.25, -0.2) is 0 Å². The van der Waals surface area contributed by atoms with E-state index in [4.69, 9.17) is 0 Å². The number of halogens is 1. The van der Waals surface area contributed by atoms with Crippen molar-refractivity contribution < 1.29 is 0 Å². The summed E-state index contributed by atoms with van der Waals surface area (Å²) in [5.74, 6) is 0.644. The van der Waals surface area contributed by atoms with Gasteiger partial charge in [-0.15, -0.1) is 0 Å². The van der Waals surface area contributed by atoms with Crippen molar-refractivity contribution in [2.75, 3.05) is 0 Å². The Balaban J connectivity index is 2.13. The van der Waals surface area contributed by atoms with Gasteiger partial charge >= 0.3 is 0 Å². The highest BCUT2D eigenvalue weighted by molar-refractivity contribution is 14.1. The van der Waals surface area contributed by atoms with Crippen LogP contribution in [0.25, 0.3) is 3.58 Å². The maximum absolute atomic E-state index is 2.44. The van der Waals surface area contributed by atoms with Gasteiger partial charge in [0.05, 0.1) is 0 Å². The van der Waals surface area contributed by atoms with Gasteiger partial charge in [-0.1, -0.05) is 48.6 Å². The van der Waals surface area contributed by atoms with Crippen LogP contribution in [0.15, 0.2) is 48.6 Å². The van der Waals surface area contributed by atoms with Gasteiger partial charge in [0.2, 0.25) is 0 Å². The van der Waals surface area contributed by atoms with Crippen molar-refractivity contribution in [3.63, 3.8) is 0 Å². The molecule has 1 heteroatoms. The molecule has 1 atom stereocenters. The summed E-state index contributed by atoms with van der Waals surface area (Å²) in [5, 5.41) is 0. The second-order valence-electron chi connectivity index (χ2n) is 3.90. The average Bonchev–Trinajstić information content (AvgIpc) is 2.31. The molecule has 0 aliphatic heterocycles. The normalized spacial score (nSPS) is 21.7. The molecule has 0 N–H and O–H groups in total. The van der Waals surface area contributed by atoms with Crippen LogP contribution in [-0.2, 0) is 0 Å². The fraction of sp³-hybridized carbons (Fsp3) is 0.286. The number of benzene rings is 1. The first kappa shape index (κ1) is 10.9. The van der Waals surface area contributed by atoms with Crippen LogP contribution in [0.2, 0.25) is 0 Å². The molecule has 0 nitrogen and oxygen atoms in total. The van der Waals surface area contributed by atoms with Crippen LogP contribution in [0.5, 0.6) is 0 Å². The molecule has 1 aliphatic carbocycles. The third-order valence-corrected chi connectivity index (χ3v) is 3.68. The van der Waals surface area contributed by atoms with Crippen LogP contribution in [0.3, 0.4) is 0 Å². The summed E-state index contributed by atoms with van der Waals surface area (Å²) in [4.78, 5) is 0. The summed E-state index contributed by atoms with van der Waals surface area (Å²) < 4.78 is 1.37. The Bertz CT molecular complexity index is 362. The molecule has 0 saturated carbocycles. The highest BCUT2D eigenvalue weighted by Gasteiger charge is 2.06. The number of hydrogen-bond donors (Lipinski definition) is 0. The Labute approximate surface area is 105 Å². The van der Waals surface area contributed by atoms with Crippen LogP contribution in [0.1, 0.15) is 24.8 Å². The van der Waals surface area contributed by atoms with E-state index >= 15 is 0 Å². The summed E-state index contributed by atoms with van der Waals surface area (Å²) in [7, 11) is 0. The number of allylic oxidation sites excluding steroid dienone is 3. The highest BCUT2D eigenvalue weighted by atomic mass is 127. The lowest BCUT2D eigenvalue weighted by Crippen LogP contribution is -1.96.